The van der Waals surface area contributed by atoms with E-state index in [4.69, 9.17) is 0 Å². The number of hydrogen-bond donors (Lipinski definition) is 1. The number of nitrogens with zero attached hydrogens (tertiary/aromatic N) is 4. The summed E-state index contributed by atoms with van der Waals surface area (Å²) in [5.74, 6) is 0.874. The van der Waals surface area contributed by atoms with Crippen molar-refractivity contribution < 1.29 is 0 Å². The number of rotatable bonds is 5. The number of hydrogen-bond acceptors (Lipinski definition) is 5. The molecule has 1 N–H and O–H groups in total. The van der Waals surface area contributed by atoms with Gasteiger partial charge in [-0.25, -0.2) is 4.98 Å². The van der Waals surface area contributed by atoms with Gasteiger partial charge in [0, 0.05) is 39.3 Å². The zero-order valence-corrected chi connectivity index (χ0v) is 11.4. The second kappa shape index (κ2) is 6.66. The van der Waals surface area contributed by atoms with Crippen LogP contribution in [0.15, 0.2) is 12.4 Å². The molecule has 0 aromatic carbocycles. The van der Waals surface area contributed by atoms with Crippen LogP contribution in [0.4, 0.5) is 5.82 Å². The first-order valence-corrected chi connectivity index (χ1v) is 6.73. The summed E-state index contributed by atoms with van der Waals surface area (Å²) in [6.45, 7) is 8.53. The molecule has 18 heavy (non-hydrogen) atoms. The average Bonchev–Trinajstić information content (AvgIpc) is 2.41. The van der Waals surface area contributed by atoms with Gasteiger partial charge < -0.3 is 10.2 Å². The lowest BCUT2D eigenvalue weighted by Gasteiger charge is -2.31. The van der Waals surface area contributed by atoms with Crippen molar-refractivity contribution in [1.82, 2.24) is 19.8 Å². The van der Waals surface area contributed by atoms with E-state index in [-0.39, 0.29) is 0 Å². The molecule has 0 unspecified atom stereocenters. The minimum atomic E-state index is 0.874. The van der Waals surface area contributed by atoms with E-state index in [0.717, 1.165) is 57.2 Å². The van der Waals surface area contributed by atoms with Gasteiger partial charge in [-0.05, 0) is 13.5 Å². The van der Waals surface area contributed by atoms with Gasteiger partial charge in [0.1, 0.15) is 5.82 Å². The molecule has 0 saturated carbocycles. The Labute approximate surface area is 109 Å². The molecule has 1 aliphatic rings. The highest BCUT2D eigenvalue weighted by Gasteiger charge is 2.14. The fourth-order valence-electron chi connectivity index (χ4n) is 2.02. The van der Waals surface area contributed by atoms with Gasteiger partial charge in [-0.2, -0.15) is 0 Å². The first kappa shape index (κ1) is 13.2. The van der Waals surface area contributed by atoms with E-state index in [1.54, 1.807) is 0 Å². The molecule has 1 saturated heterocycles. The van der Waals surface area contributed by atoms with Crippen molar-refractivity contribution in [3.8, 4) is 0 Å². The molecule has 5 heteroatoms. The van der Waals surface area contributed by atoms with Crippen molar-refractivity contribution in [2.75, 3.05) is 45.1 Å². The van der Waals surface area contributed by atoms with E-state index in [9.17, 15) is 0 Å². The zero-order valence-electron chi connectivity index (χ0n) is 11.4. The normalized spacial score (nSPS) is 17.9. The van der Waals surface area contributed by atoms with E-state index in [2.05, 4.69) is 39.1 Å². The lowest BCUT2D eigenvalue weighted by atomic mass is 10.3. The van der Waals surface area contributed by atoms with Gasteiger partial charge in [0.05, 0.1) is 18.1 Å². The van der Waals surface area contributed by atoms with Crippen molar-refractivity contribution in [3.63, 3.8) is 0 Å². The Kier molecular flexibility index (Phi) is 4.90. The number of likely N-dealkylation sites (N-methyl/N-ethyl adjacent to an activating group) is 1. The SMILES string of the molecule is CCCNc1cnc(CN2CCN(C)CC2)cn1. The summed E-state index contributed by atoms with van der Waals surface area (Å²) in [6.07, 6.45) is 4.82. The maximum atomic E-state index is 4.46. The predicted octanol–water partition coefficient (Wildman–Crippen LogP) is 1.05. The van der Waals surface area contributed by atoms with Gasteiger partial charge >= 0.3 is 0 Å². The first-order chi connectivity index (χ1) is 8.78. The molecule has 1 aromatic rings. The lowest BCUT2D eigenvalue weighted by Crippen LogP contribution is -2.44. The summed E-state index contributed by atoms with van der Waals surface area (Å²) < 4.78 is 0. The van der Waals surface area contributed by atoms with Crippen LogP contribution in [0, 0.1) is 0 Å². The van der Waals surface area contributed by atoms with Crippen LogP contribution in [-0.4, -0.2) is 59.5 Å². The summed E-state index contributed by atoms with van der Waals surface area (Å²) in [6, 6.07) is 0. The molecular weight excluding hydrogens is 226 g/mol. The van der Waals surface area contributed by atoms with E-state index in [1.165, 1.54) is 0 Å². The maximum absolute atomic E-state index is 4.46. The summed E-state index contributed by atoms with van der Waals surface area (Å²) in [5.41, 5.74) is 1.06. The van der Waals surface area contributed by atoms with Crippen LogP contribution in [0.3, 0.4) is 0 Å². The highest BCUT2D eigenvalue weighted by Crippen LogP contribution is 2.06. The Bertz CT molecular complexity index is 343. The van der Waals surface area contributed by atoms with Gasteiger partial charge in [-0.1, -0.05) is 6.92 Å². The topological polar surface area (TPSA) is 44.3 Å². The average molecular weight is 249 g/mol. The van der Waals surface area contributed by atoms with Crippen LogP contribution in [0.2, 0.25) is 0 Å². The maximum Gasteiger partial charge on any atom is 0.144 e. The standard InChI is InChI=1S/C13H23N5/c1-3-4-14-13-10-15-12(9-16-13)11-18-7-5-17(2)6-8-18/h9-10H,3-8,11H2,1-2H3,(H,14,16). The molecule has 2 heterocycles. The minimum Gasteiger partial charge on any atom is -0.369 e. The lowest BCUT2D eigenvalue weighted by molar-refractivity contribution is 0.147. The highest BCUT2D eigenvalue weighted by atomic mass is 15.2. The second-order valence-corrected chi connectivity index (χ2v) is 4.90. The largest absolute Gasteiger partial charge is 0.369 e. The van der Waals surface area contributed by atoms with Gasteiger partial charge in [-0.3, -0.25) is 9.88 Å². The molecule has 2 rings (SSSR count). The van der Waals surface area contributed by atoms with E-state index in [1.807, 2.05) is 12.4 Å². The Balaban J connectivity index is 1.82. The van der Waals surface area contributed by atoms with E-state index < -0.39 is 0 Å². The van der Waals surface area contributed by atoms with Crippen LogP contribution in [0.5, 0.6) is 0 Å². The van der Waals surface area contributed by atoms with E-state index >= 15 is 0 Å². The number of aromatic nitrogens is 2. The fourth-order valence-corrected chi connectivity index (χ4v) is 2.02. The molecule has 1 aromatic heterocycles. The molecule has 0 radical (unpaired) electrons. The van der Waals surface area contributed by atoms with Crippen LogP contribution in [0.25, 0.3) is 0 Å². The third kappa shape index (κ3) is 3.92. The summed E-state index contributed by atoms with van der Waals surface area (Å²) in [4.78, 5) is 13.6. The Morgan fingerprint density at radius 3 is 2.56 bits per heavy atom. The van der Waals surface area contributed by atoms with Gasteiger partial charge in [-0.15, -0.1) is 0 Å². The molecule has 0 amide bonds. The van der Waals surface area contributed by atoms with Crippen LogP contribution >= 0.6 is 0 Å². The monoisotopic (exact) mass is 249 g/mol. The third-order valence-electron chi connectivity index (χ3n) is 3.24. The smallest absolute Gasteiger partial charge is 0.144 e. The van der Waals surface area contributed by atoms with Crippen molar-refractivity contribution in [2.45, 2.75) is 19.9 Å². The number of piperazine rings is 1. The van der Waals surface area contributed by atoms with Crippen LogP contribution in [-0.2, 0) is 6.54 Å². The molecule has 0 spiro atoms. The number of anilines is 1. The molecule has 100 valence electrons. The predicted molar refractivity (Wildman–Crippen MR) is 73.6 cm³/mol. The first-order valence-electron chi connectivity index (χ1n) is 6.73. The molecule has 1 aliphatic heterocycles. The summed E-state index contributed by atoms with van der Waals surface area (Å²) in [5, 5.41) is 3.24. The van der Waals surface area contributed by atoms with Crippen molar-refractivity contribution in [1.29, 1.82) is 0 Å². The quantitative estimate of drug-likeness (QED) is 0.845. The van der Waals surface area contributed by atoms with Gasteiger partial charge in [0.15, 0.2) is 0 Å². The third-order valence-corrected chi connectivity index (χ3v) is 3.24. The molecule has 0 atom stereocenters. The van der Waals surface area contributed by atoms with Crippen LogP contribution in [0.1, 0.15) is 19.0 Å². The molecule has 0 bridgehead atoms. The molecular formula is C13H23N5. The van der Waals surface area contributed by atoms with Gasteiger partial charge in [0.25, 0.3) is 0 Å². The fraction of sp³-hybridized carbons (Fsp3) is 0.692. The second-order valence-electron chi connectivity index (χ2n) is 4.90. The van der Waals surface area contributed by atoms with E-state index in [0.29, 0.717) is 0 Å². The van der Waals surface area contributed by atoms with Crippen molar-refractivity contribution >= 4 is 5.82 Å². The summed E-state index contributed by atoms with van der Waals surface area (Å²) in [7, 11) is 2.17. The Morgan fingerprint density at radius 2 is 1.94 bits per heavy atom. The summed E-state index contributed by atoms with van der Waals surface area (Å²) >= 11 is 0. The molecule has 0 aliphatic carbocycles. The zero-order chi connectivity index (χ0) is 12.8. The van der Waals surface area contributed by atoms with Crippen molar-refractivity contribution in [3.05, 3.63) is 18.1 Å². The highest BCUT2D eigenvalue weighted by molar-refractivity contribution is 5.30. The Morgan fingerprint density at radius 1 is 1.17 bits per heavy atom. The minimum absolute atomic E-state index is 0.874. The molecule has 5 nitrogen and oxygen atoms in total. The number of nitrogens with one attached hydrogen (secondary N) is 1. The van der Waals surface area contributed by atoms with Gasteiger partial charge in [0.2, 0.25) is 0 Å². The Hall–Kier alpha value is -1.20. The van der Waals surface area contributed by atoms with Crippen molar-refractivity contribution in [2.24, 2.45) is 0 Å². The molecule has 1 fully saturated rings. The van der Waals surface area contributed by atoms with Crippen LogP contribution < -0.4 is 5.32 Å².